The molecule has 0 spiro atoms. The largest absolute Gasteiger partial charge is 0.465 e. The molecule has 0 saturated carbocycles. The van der Waals surface area contributed by atoms with Crippen LogP contribution in [0, 0.1) is 0 Å². The zero-order valence-electron chi connectivity index (χ0n) is 17.5. The summed E-state index contributed by atoms with van der Waals surface area (Å²) in [5.41, 5.74) is 4.78. The molecule has 8 nitrogen and oxygen atoms in total. The Bertz CT molecular complexity index is 1340. The van der Waals surface area contributed by atoms with Crippen LogP contribution >= 0.6 is 11.8 Å². The van der Waals surface area contributed by atoms with Gasteiger partial charge in [-0.25, -0.2) is 4.98 Å². The summed E-state index contributed by atoms with van der Waals surface area (Å²) in [6, 6.07) is 14.8. The summed E-state index contributed by atoms with van der Waals surface area (Å²) in [6.07, 6.45) is 2.59. The highest BCUT2D eigenvalue weighted by molar-refractivity contribution is 7.99. The van der Waals surface area contributed by atoms with Crippen molar-refractivity contribution < 1.29 is 14.3 Å². The number of rotatable bonds is 8. The van der Waals surface area contributed by atoms with Crippen molar-refractivity contribution in [2.45, 2.75) is 24.9 Å². The van der Waals surface area contributed by atoms with Crippen LogP contribution in [0.15, 0.2) is 64.7 Å². The van der Waals surface area contributed by atoms with Crippen molar-refractivity contribution >= 4 is 45.4 Å². The van der Waals surface area contributed by atoms with Crippen LogP contribution in [0.25, 0.3) is 21.8 Å². The van der Waals surface area contributed by atoms with E-state index in [4.69, 9.17) is 4.74 Å². The molecule has 0 saturated heterocycles. The van der Waals surface area contributed by atoms with Crippen LogP contribution in [-0.4, -0.2) is 38.9 Å². The average Bonchev–Trinajstić information content (AvgIpc) is 3.22. The number of thioether (sulfide) groups is 1. The molecule has 2 aromatic heterocycles. The van der Waals surface area contributed by atoms with Crippen LogP contribution < -0.4 is 11.0 Å². The molecule has 0 atom stereocenters. The number of benzene rings is 2. The number of amides is 1. The van der Waals surface area contributed by atoms with E-state index in [1.807, 2.05) is 30.5 Å². The van der Waals surface area contributed by atoms with Crippen LogP contribution in [0.4, 0.5) is 0 Å². The van der Waals surface area contributed by atoms with Crippen LogP contribution in [-0.2, 0) is 20.7 Å². The highest BCUT2D eigenvalue weighted by atomic mass is 32.2. The Balaban J connectivity index is 1.55. The maximum atomic E-state index is 13.0. The van der Waals surface area contributed by atoms with E-state index in [9.17, 15) is 14.4 Å². The van der Waals surface area contributed by atoms with Gasteiger partial charge < -0.3 is 9.72 Å². The van der Waals surface area contributed by atoms with Gasteiger partial charge in [0.1, 0.15) is 0 Å². The number of carbonyl (C=O) groups is 2. The number of para-hydroxylation sites is 2. The quantitative estimate of drug-likeness (QED) is 0.243. The fourth-order valence-electron chi connectivity index (χ4n) is 3.40. The fraction of sp³-hybridized carbons (Fsp3) is 0.217. The summed E-state index contributed by atoms with van der Waals surface area (Å²) >= 11 is 1.04. The first-order chi connectivity index (χ1) is 15.6. The second kappa shape index (κ2) is 9.69. The van der Waals surface area contributed by atoms with Crippen molar-refractivity contribution in [3.63, 3.8) is 0 Å². The molecule has 2 N–H and O–H groups in total. The molecule has 0 aliphatic heterocycles. The monoisotopic (exact) mass is 450 g/mol. The van der Waals surface area contributed by atoms with Gasteiger partial charge in [0.25, 0.3) is 5.56 Å². The number of nitrogens with one attached hydrogen (secondary N) is 2. The third-order valence-corrected chi connectivity index (χ3v) is 5.81. The van der Waals surface area contributed by atoms with Gasteiger partial charge in [0.15, 0.2) is 5.16 Å². The molecule has 0 unspecified atom stereocenters. The van der Waals surface area contributed by atoms with E-state index in [0.717, 1.165) is 32.9 Å². The molecule has 9 heteroatoms. The summed E-state index contributed by atoms with van der Waals surface area (Å²) in [5, 5.41) is 1.67. The fourth-order valence-corrected chi connectivity index (χ4v) is 4.15. The Hall–Kier alpha value is -3.59. The maximum Gasteiger partial charge on any atom is 0.316 e. The Kier molecular flexibility index (Phi) is 6.55. The van der Waals surface area contributed by atoms with Crippen molar-refractivity contribution in [2.24, 2.45) is 0 Å². The lowest BCUT2D eigenvalue weighted by atomic mass is 10.1. The lowest BCUT2D eigenvalue weighted by molar-refractivity contribution is -0.139. The molecule has 2 heterocycles. The number of hydrogen-bond acceptors (Lipinski definition) is 6. The molecular weight excluding hydrogens is 428 g/mol. The molecule has 0 radical (unpaired) electrons. The molecule has 4 rings (SSSR count). The Morgan fingerprint density at radius 3 is 2.69 bits per heavy atom. The van der Waals surface area contributed by atoms with Crippen LogP contribution in [0.2, 0.25) is 0 Å². The van der Waals surface area contributed by atoms with Crippen molar-refractivity contribution in [3.05, 3.63) is 70.6 Å². The zero-order chi connectivity index (χ0) is 22.5. The summed E-state index contributed by atoms with van der Waals surface area (Å²) in [6.45, 7) is 1.99. The number of aromatic amines is 1. The first-order valence-electron chi connectivity index (χ1n) is 10.2. The van der Waals surface area contributed by atoms with E-state index < -0.39 is 11.5 Å². The summed E-state index contributed by atoms with van der Waals surface area (Å²) in [4.78, 5) is 45.2. The lowest BCUT2D eigenvalue weighted by Gasteiger charge is -2.14. The maximum absolute atomic E-state index is 13.0. The number of ether oxygens (including phenoxy) is 1. The number of H-pyrrole nitrogens is 1. The average molecular weight is 451 g/mol. The molecular formula is C23H22N4O4S. The Labute approximate surface area is 188 Å². The van der Waals surface area contributed by atoms with Crippen molar-refractivity contribution in [1.29, 1.82) is 0 Å². The SMILES string of the molecule is CCOC(=O)CSc1nc2ccccc2c(=O)n1NC(=O)CCc1c[nH]c2ccccc12. The van der Waals surface area contributed by atoms with Crippen molar-refractivity contribution in [1.82, 2.24) is 14.6 Å². The molecule has 0 aliphatic rings. The Morgan fingerprint density at radius 1 is 1.12 bits per heavy atom. The van der Waals surface area contributed by atoms with Crippen molar-refractivity contribution in [2.75, 3.05) is 17.8 Å². The minimum absolute atomic E-state index is 0.0240. The van der Waals surface area contributed by atoms with Gasteiger partial charge in [0.2, 0.25) is 5.91 Å². The third-order valence-electron chi connectivity index (χ3n) is 4.90. The topological polar surface area (TPSA) is 106 Å². The van der Waals surface area contributed by atoms with Gasteiger partial charge in [-0.2, -0.15) is 4.68 Å². The van der Waals surface area contributed by atoms with E-state index in [1.54, 1.807) is 31.2 Å². The lowest BCUT2D eigenvalue weighted by Crippen LogP contribution is -2.35. The molecule has 0 fully saturated rings. The van der Waals surface area contributed by atoms with Gasteiger partial charge in [0.05, 0.1) is 23.3 Å². The molecule has 0 bridgehead atoms. The van der Waals surface area contributed by atoms with E-state index in [0.29, 0.717) is 17.3 Å². The normalized spacial score (nSPS) is 11.0. The first-order valence-corrected chi connectivity index (χ1v) is 11.2. The van der Waals surface area contributed by atoms with Crippen molar-refractivity contribution in [3.8, 4) is 0 Å². The Morgan fingerprint density at radius 2 is 1.88 bits per heavy atom. The summed E-state index contributed by atoms with van der Waals surface area (Å²) in [7, 11) is 0. The first kappa shape index (κ1) is 21.6. The molecule has 164 valence electrons. The second-order valence-electron chi connectivity index (χ2n) is 7.04. The van der Waals surface area contributed by atoms with Gasteiger partial charge in [-0.15, -0.1) is 0 Å². The predicted molar refractivity (Wildman–Crippen MR) is 124 cm³/mol. The van der Waals surface area contributed by atoms with Gasteiger partial charge in [-0.3, -0.25) is 19.8 Å². The molecule has 1 amide bonds. The van der Waals surface area contributed by atoms with E-state index in [2.05, 4.69) is 15.4 Å². The molecule has 2 aromatic carbocycles. The smallest absolute Gasteiger partial charge is 0.316 e. The van der Waals surface area contributed by atoms with Gasteiger partial charge in [-0.05, 0) is 37.1 Å². The minimum atomic E-state index is -0.419. The van der Waals surface area contributed by atoms with Crippen LogP contribution in [0.5, 0.6) is 0 Å². The summed E-state index contributed by atoms with van der Waals surface area (Å²) < 4.78 is 6.07. The molecule has 32 heavy (non-hydrogen) atoms. The number of fused-ring (bicyclic) bond motifs is 2. The van der Waals surface area contributed by atoms with E-state index in [-0.39, 0.29) is 29.8 Å². The van der Waals surface area contributed by atoms with Gasteiger partial charge >= 0.3 is 5.97 Å². The number of hydrogen-bond donors (Lipinski definition) is 2. The third kappa shape index (κ3) is 4.67. The number of carbonyl (C=O) groups excluding carboxylic acids is 2. The minimum Gasteiger partial charge on any atom is -0.465 e. The van der Waals surface area contributed by atoms with E-state index >= 15 is 0 Å². The van der Waals surface area contributed by atoms with Crippen LogP contribution in [0.1, 0.15) is 18.9 Å². The highest BCUT2D eigenvalue weighted by Gasteiger charge is 2.16. The van der Waals surface area contributed by atoms with Gasteiger partial charge in [0, 0.05) is 23.5 Å². The number of aromatic nitrogens is 3. The predicted octanol–water partition coefficient (Wildman–Crippen LogP) is 3.24. The number of nitrogens with zero attached hydrogens (tertiary/aromatic N) is 2. The highest BCUT2D eigenvalue weighted by Crippen LogP contribution is 2.20. The van der Waals surface area contributed by atoms with Gasteiger partial charge in [-0.1, -0.05) is 42.1 Å². The number of esters is 1. The standard InChI is InChI=1S/C23H22N4O4S/c1-2-31-21(29)14-32-23-25-19-10-6-4-8-17(19)22(30)27(23)26-20(28)12-11-15-13-24-18-9-5-3-7-16(15)18/h3-10,13,24H,2,11-12,14H2,1H3,(H,26,28). The summed E-state index contributed by atoms with van der Waals surface area (Å²) in [5.74, 6) is -0.770. The zero-order valence-corrected chi connectivity index (χ0v) is 18.3. The second-order valence-corrected chi connectivity index (χ2v) is 7.98. The van der Waals surface area contributed by atoms with E-state index in [1.165, 1.54) is 0 Å². The van der Waals surface area contributed by atoms with Crippen LogP contribution in [0.3, 0.4) is 0 Å². The molecule has 4 aromatic rings. The number of aryl methyl sites for hydroxylation is 1. The molecule has 0 aliphatic carbocycles.